The van der Waals surface area contributed by atoms with Gasteiger partial charge in [-0.05, 0) is 66.2 Å². The molecule has 0 spiro atoms. The first-order valence-corrected chi connectivity index (χ1v) is 14.6. The van der Waals surface area contributed by atoms with E-state index < -0.39 is 7.25 Å². The first kappa shape index (κ1) is 24.7. The Kier molecular flexibility index (Phi) is 6.82. The number of benzene rings is 4. The Balaban J connectivity index is 1.36. The molecule has 1 aromatic heterocycles. The van der Waals surface area contributed by atoms with Crippen LogP contribution in [0, 0.1) is 0 Å². The fourth-order valence-electron chi connectivity index (χ4n) is 4.72. The van der Waals surface area contributed by atoms with Gasteiger partial charge in [-0.2, -0.15) is 0 Å². The second kappa shape index (κ2) is 11.0. The van der Waals surface area contributed by atoms with E-state index in [9.17, 15) is 0 Å². The highest BCUT2D eigenvalue weighted by atomic mass is 32.2. The lowest BCUT2D eigenvalue weighted by Gasteiger charge is -2.17. The van der Waals surface area contributed by atoms with Crippen molar-refractivity contribution >= 4 is 41.4 Å². The molecule has 7 rings (SSSR count). The van der Waals surface area contributed by atoms with Crippen molar-refractivity contribution in [1.82, 2.24) is 4.48 Å². The van der Waals surface area contributed by atoms with E-state index >= 15 is 0 Å². The smallest absolute Gasteiger partial charge is 0.503 e. The van der Waals surface area contributed by atoms with Gasteiger partial charge in [0.15, 0.2) is 0 Å². The van der Waals surface area contributed by atoms with Crippen LogP contribution < -0.4 is 9.31 Å². The van der Waals surface area contributed by atoms with Crippen LogP contribution in [0.15, 0.2) is 165 Å². The molecule has 0 radical (unpaired) electrons. The van der Waals surface area contributed by atoms with Crippen LogP contribution in [0.1, 0.15) is 11.3 Å². The van der Waals surface area contributed by atoms with E-state index in [2.05, 4.69) is 89.4 Å². The summed E-state index contributed by atoms with van der Waals surface area (Å²) in [5, 5.41) is 1.96. The Morgan fingerprint density at radius 2 is 1.18 bits per heavy atom. The van der Waals surface area contributed by atoms with Crippen molar-refractivity contribution in [3.8, 4) is 11.5 Å². The van der Waals surface area contributed by atoms with Crippen molar-refractivity contribution in [2.45, 2.75) is 14.8 Å². The van der Waals surface area contributed by atoms with Gasteiger partial charge >= 0.3 is 7.25 Å². The molecule has 7 heteroatoms. The molecule has 2 aliphatic heterocycles. The highest BCUT2D eigenvalue weighted by Gasteiger charge is 2.39. The average molecular weight is 555 g/mol. The first-order chi connectivity index (χ1) is 19.8. The van der Waals surface area contributed by atoms with Crippen molar-refractivity contribution in [2.75, 3.05) is 0 Å². The van der Waals surface area contributed by atoms with Crippen LogP contribution in [0.5, 0.6) is 11.5 Å². The van der Waals surface area contributed by atoms with E-state index in [0.29, 0.717) is 0 Å². The van der Waals surface area contributed by atoms with Crippen molar-refractivity contribution in [3.05, 3.63) is 157 Å². The van der Waals surface area contributed by atoms with E-state index in [0.717, 1.165) is 53.9 Å². The Morgan fingerprint density at radius 3 is 1.82 bits per heavy atom. The number of allylic oxidation sites excluding steroid dienone is 1. The maximum Gasteiger partial charge on any atom is 0.743 e. The molecule has 0 saturated heterocycles. The van der Waals surface area contributed by atoms with Crippen LogP contribution in [-0.4, -0.2) is 16.8 Å². The first-order valence-electron chi connectivity index (χ1n) is 13.0. The third-order valence-electron chi connectivity index (χ3n) is 6.52. The number of aliphatic imine (C=N–C) groups is 1. The monoisotopic (exact) mass is 554 g/mol. The van der Waals surface area contributed by atoms with E-state index in [1.165, 1.54) is 0 Å². The topological polar surface area (TPSA) is 35.8 Å². The maximum absolute atomic E-state index is 6.37. The normalized spacial score (nSPS) is 14.9. The molecule has 2 aliphatic rings. The zero-order valence-electron chi connectivity index (χ0n) is 21.4. The van der Waals surface area contributed by atoms with Crippen molar-refractivity contribution in [2.24, 2.45) is 4.99 Å². The summed E-state index contributed by atoms with van der Waals surface area (Å²) < 4.78 is 14.9. The minimum atomic E-state index is -0.652. The standard InChI is InChI=1S/C33H23BN2O2S2/c1-4-12-24(13-5-1)33(27-20-22-31(35-27)39-25-14-6-2-7-15-25)28-21-23-32(40-26-16-8-3-9-17-26)36(28)34-37-29-18-10-11-19-30(29)38-34/h1-23H. The number of thioether (sulfide) groups is 1. The molecule has 0 atom stereocenters. The van der Waals surface area contributed by atoms with Gasteiger partial charge in [0.25, 0.3) is 0 Å². The Hall–Kier alpha value is -4.33. The van der Waals surface area contributed by atoms with E-state index in [1.807, 2.05) is 54.6 Å². The molecule has 0 bridgehead atoms. The lowest BCUT2D eigenvalue weighted by molar-refractivity contribution is 0.473. The summed E-state index contributed by atoms with van der Waals surface area (Å²) in [6.45, 7) is 0. The average Bonchev–Trinajstić information content (AvgIpc) is 3.74. The van der Waals surface area contributed by atoms with Crippen LogP contribution in [0.3, 0.4) is 0 Å². The number of nitrogens with zero attached hydrogens (tertiary/aromatic N) is 2. The molecule has 0 fully saturated rings. The van der Waals surface area contributed by atoms with Gasteiger partial charge < -0.3 is 13.8 Å². The number of hydrogen-bond acceptors (Lipinski definition) is 5. The minimum Gasteiger partial charge on any atom is -0.503 e. The van der Waals surface area contributed by atoms with E-state index in [4.69, 9.17) is 14.3 Å². The zero-order chi connectivity index (χ0) is 26.7. The highest BCUT2D eigenvalue weighted by molar-refractivity contribution is 8.14. The van der Waals surface area contributed by atoms with Gasteiger partial charge in [0.05, 0.1) is 10.7 Å². The number of rotatable bonds is 6. The van der Waals surface area contributed by atoms with Crippen molar-refractivity contribution in [3.63, 3.8) is 0 Å². The summed E-state index contributed by atoms with van der Waals surface area (Å²) in [4.78, 5) is 7.38. The summed E-state index contributed by atoms with van der Waals surface area (Å²) in [5.74, 6) is 1.47. The van der Waals surface area contributed by atoms with E-state index in [1.54, 1.807) is 23.5 Å². The predicted octanol–water partition coefficient (Wildman–Crippen LogP) is 8.46. The third-order valence-corrected chi connectivity index (χ3v) is 8.51. The van der Waals surface area contributed by atoms with Crippen LogP contribution in [-0.2, 0) is 0 Å². The molecular formula is C33H23BN2O2S2. The van der Waals surface area contributed by atoms with Gasteiger partial charge in [0.2, 0.25) is 0 Å². The Labute approximate surface area is 242 Å². The molecule has 40 heavy (non-hydrogen) atoms. The molecule has 0 aliphatic carbocycles. The quantitative estimate of drug-likeness (QED) is 0.197. The second-order valence-corrected chi connectivity index (χ2v) is 11.3. The molecule has 3 heterocycles. The molecule has 5 aromatic rings. The summed E-state index contributed by atoms with van der Waals surface area (Å²) in [5.41, 5.74) is 3.96. The summed E-state index contributed by atoms with van der Waals surface area (Å²) in [7, 11) is -0.652. The SMILES string of the molecule is C1=CC(=C(c2ccccc2)c2ccc(Sc3ccccc3)n2B2Oc3ccccc3O2)N=C1Sc1ccccc1. The highest BCUT2D eigenvalue weighted by Crippen LogP contribution is 2.40. The molecule has 0 amide bonds. The molecule has 4 aromatic carbocycles. The van der Waals surface area contributed by atoms with Crippen LogP contribution >= 0.6 is 23.5 Å². The van der Waals surface area contributed by atoms with Crippen LogP contribution in [0.4, 0.5) is 0 Å². The number of aromatic nitrogens is 1. The largest absolute Gasteiger partial charge is 0.743 e. The summed E-state index contributed by atoms with van der Waals surface area (Å²) in [6, 6.07) is 43.2. The lowest BCUT2D eigenvalue weighted by atomic mass is 9.98. The Morgan fingerprint density at radius 1 is 0.600 bits per heavy atom. The van der Waals surface area contributed by atoms with Crippen LogP contribution in [0.2, 0.25) is 0 Å². The number of fused-ring (bicyclic) bond motifs is 1. The van der Waals surface area contributed by atoms with Gasteiger partial charge in [0.1, 0.15) is 16.5 Å². The minimum absolute atomic E-state index is 0.652. The van der Waals surface area contributed by atoms with Gasteiger partial charge in [-0.3, -0.25) is 0 Å². The fourth-order valence-corrected chi connectivity index (χ4v) is 6.48. The summed E-state index contributed by atoms with van der Waals surface area (Å²) >= 11 is 3.34. The number of para-hydroxylation sites is 2. The molecule has 0 saturated carbocycles. The zero-order valence-corrected chi connectivity index (χ0v) is 23.0. The van der Waals surface area contributed by atoms with Gasteiger partial charge in [-0.1, -0.05) is 102 Å². The van der Waals surface area contributed by atoms with Gasteiger partial charge in [-0.25, -0.2) is 4.99 Å². The predicted molar refractivity (Wildman–Crippen MR) is 165 cm³/mol. The molecule has 4 nitrogen and oxygen atoms in total. The van der Waals surface area contributed by atoms with Gasteiger partial charge in [0, 0.05) is 21.1 Å². The molecule has 0 N–H and O–H groups in total. The van der Waals surface area contributed by atoms with Crippen LogP contribution in [0.25, 0.3) is 5.57 Å². The molecule has 0 unspecified atom stereocenters. The van der Waals surface area contributed by atoms with E-state index in [-0.39, 0.29) is 0 Å². The van der Waals surface area contributed by atoms with Crippen molar-refractivity contribution in [1.29, 1.82) is 0 Å². The second-order valence-electron chi connectivity index (χ2n) is 9.16. The van der Waals surface area contributed by atoms with Crippen molar-refractivity contribution < 1.29 is 9.31 Å². The Bertz CT molecular complexity index is 1720. The molecule has 192 valence electrons. The fraction of sp³-hybridized carbons (Fsp3) is 0. The molecular weight excluding hydrogens is 531 g/mol. The maximum atomic E-state index is 6.37. The van der Waals surface area contributed by atoms with Gasteiger partial charge in [-0.15, -0.1) is 0 Å². The lowest BCUT2D eigenvalue weighted by Crippen LogP contribution is -2.36. The summed E-state index contributed by atoms with van der Waals surface area (Å²) in [6.07, 6.45) is 4.18. The number of hydrogen-bond donors (Lipinski definition) is 0. The third kappa shape index (κ3) is 5.01.